The van der Waals surface area contributed by atoms with E-state index in [1.54, 1.807) is 0 Å². The minimum Gasteiger partial charge on any atom is -0.301 e. The number of carbonyl (C=O) groups excluding carboxylic acids is 1. The maximum absolute atomic E-state index is 11.7. The summed E-state index contributed by atoms with van der Waals surface area (Å²) in [5, 5.41) is 8.00. The van der Waals surface area contributed by atoms with Gasteiger partial charge in [0.15, 0.2) is 11.0 Å². The summed E-state index contributed by atoms with van der Waals surface area (Å²) in [6.07, 6.45) is -4.94. The third-order valence-electron chi connectivity index (χ3n) is 1.13. The fourth-order valence-corrected chi connectivity index (χ4v) is 0.671. The summed E-state index contributed by atoms with van der Waals surface area (Å²) in [4.78, 5) is 10.4. The van der Waals surface area contributed by atoms with E-state index in [-0.39, 0.29) is 11.0 Å². The first-order valence-electron chi connectivity index (χ1n) is 3.27. The van der Waals surface area contributed by atoms with Gasteiger partial charge in [-0.1, -0.05) is 11.6 Å². The zero-order valence-electron chi connectivity index (χ0n) is 6.47. The van der Waals surface area contributed by atoms with E-state index >= 15 is 0 Å². The Labute approximate surface area is 81.1 Å². The number of hydrogen-bond acceptors (Lipinski definition) is 3. The number of amides is 1. The van der Waals surface area contributed by atoms with E-state index in [1.165, 1.54) is 11.4 Å². The summed E-state index contributed by atoms with van der Waals surface area (Å²) in [6, 6.07) is 2.32. The number of rotatable bonds is 1. The molecule has 0 radical (unpaired) electrons. The predicted octanol–water partition coefficient (Wildman–Crippen LogP) is 1.63. The van der Waals surface area contributed by atoms with Crippen molar-refractivity contribution in [3.63, 3.8) is 0 Å². The predicted molar refractivity (Wildman–Crippen MR) is 41.7 cm³/mol. The van der Waals surface area contributed by atoms with Crippen LogP contribution in [0.3, 0.4) is 0 Å². The van der Waals surface area contributed by atoms with Gasteiger partial charge in [-0.2, -0.15) is 13.2 Å². The van der Waals surface area contributed by atoms with Crippen LogP contribution in [0.25, 0.3) is 0 Å². The molecule has 76 valence electrons. The zero-order valence-corrected chi connectivity index (χ0v) is 7.23. The van der Waals surface area contributed by atoms with E-state index in [0.717, 1.165) is 6.07 Å². The quantitative estimate of drug-likeness (QED) is 0.790. The fourth-order valence-electron chi connectivity index (χ4n) is 0.570. The first kappa shape index (κ1) is 10.7. The highest BCUT2D eigenvalue weighted by Gasteiger charge is 2.38. The maximum Gasteiger partial charge on any atom is 0.471 e. The van der Waals surface area contributed by atoms with Crippen molar-refractivity contribution in [2.75, 3.05) is 5.32 Å². The van der Waals surface area contributed by atoms with Gasteiger partial charge in [0.25, 0.3) is 0 Å². The van der Waals surface area contributed by atoms with Crippen molar-refractivity contribution in [1.82, 2.24) is 10.2 Å². The van der Waals surface area contributed by atoms with Gasteiger partial charge in [-0.3, -0.25) is 4.79 Å². The van der Waals surface area contributed by atoms with Crippen molar-refractivity contribution in [2.45, 2.75) is 6.18 Å². The van der Waals surface area contributed by atoms with E-state index in [9.17, 15) is 18.0 Å². The van der Waals surface area contributed by atoms with E-state index < -0.39 is 12.1 Å². The monoisotopic (exact) mass is 225 g/mol. The maximum atomic E-state index is 11.7. The number of halogens is 4. The molecule has 1 aromatic rings. The Morgan fingerprint density at radius 1 is 1.36 bits per heavy atom. The van der Waals surface area contributed by atoms with Gasteiger partial charge in [0.1, 0.15) is 0 Å². The summed E-state index contributed by atoms with van der Waals surface area (Å²) in [7, 11) is 0. The molecule has 0 aliphatic rings. The highest BCUT2D eigenvalue weighted by atomic mass is 35.5. The van der Waals surface area contributed by atoms with Crippen LogP contribution in [0.5, 0.6) is 0 Å². The minimum atomic E-state index is -4.94. The molecule has 0 bridgehead atoms. The van der Waals surface area contributed by atoms with Gasteiger partial charge >= 0.3 is 12.1 Å². The highest BCUT2D eigenvalue weighted by Crippen LogP contribution is 2.17. The lowest BCUT2D eigenvalue weighted by molar-refractivity contribution is -0.167. The van der Waals surface area contributed by atoms with Gasteiger partial charge in [-0.15, -0.1) is 10.2 Å². The molecule has 0 aromatic carbocycles. The number of carbonyl (C=O) groups is 1. The van der Waals surface area contributed by atoms with Crippen molar-refractivity contribution in [2.24, 2.45) is 0 Å². The molecule has 1 N–H and O–H groups in total. The topological polar surface area (TPSA) is 54.9 Å². The van der Waals surface area contributed by atoms with Gasteiger partial charge in [0, 0.05) is 0 Å². The minimum absolute atomic E-state index is 0.0232. The Morgan fingerprint density at radius 2 is 2.00 bits per heavy atom. The molecule has 0 saturated heterocycles. The molecule has 4 nitrogen and oxygen atoms in total. The van der Waals surface area contributed by atoms with Crippen molar-refractivity contribution in [3.05, 3.63) is 17.3 Å². The summed E-state index contributed by atoms with van der Waals surface area (Å²) >= 11 is 5.33. The molecule has 0 aliphatic carbocycles. The third kappa shape index (κ3) is 2.84. The van der Waals surface area contributed by atoms with Crippen molar-refractivity contribution >= 4 is 23.3 Å². The SMILES string of the molecule is O=C(Nc1ccc(Cl)nn1)C(F)(F)F. The Bertz CT molecular complexity index is 337. The van der Waals surface area contributed by atoms with E-state index in [1.807, 2.05) is 0 Å². The Kier molecular flexibility index (Phi) is 2.90. The molecular weight excluding hydrogens is 223 g/mol. The van der Waals surface area contributed by atoms with Crippen LogP contribution in [0.4, 0.5) is 19.0 Å². The molecule has 0 atom stereocenters. The van der Waals surface area contributed by atoms with Crippen LogP contribution in [0.15, 0.2) is 12.1 Å². The van der Waals surface area contributed by atoms with Crippen molar-refractivity contribution < 1.29 is 18.0 Å². The molecule has 0 fully saturated rings. The molecule has 14 heavy (non-hydrogen) atoms. The van der Waals surface area contributed by atoms with Gasteiger partial charge in [-0.25, -0.2) is 0 Å². The van der Waals surface area contributed by atoms with E-state index in [4.69, 9.17) is 11.6 Å². The third-order valence-corrected chi connectivity index (χ3v) is 1.33. The van der Waals surface area contributed by atoms with Crippen LogP contribution in [0.2, 0.25) is 5.15 Å². The summed E-state index contributed by atoms with van der Waals surface area (Å²) in [6.45, 7) is 0. The summed E-state index contributed by atoms with van der Waals surface area (Å²) in [5.74, 6) is -2.41. The van der Waals surface area contributed by atoms with Crippen LogP contribution in [0, 0.1) is 0 Å². The molecule has 1 rings (SSSR count). The zero-order chi connectivity index (χ0) is 10.8. The van der Waals surface area contributed by atoms with Crippen LogP contribution in [-0.2, 0) is 4.79 Å². The molecule has 8 heteroatoms. The summed E-state index contributed by atoms with van der Waals surface area (Å²) in [5.41, 5.74) is 0. The number of alkyl halides is 3. The second-order valence-corrected chi connectivity index (χ2v) is 2.58. The van der Waals surface area contributed by atoms with Crippen LogP contribution < -0.4 is 5.32 Å². The highest BCUT2D eigenvalue weighted by molar-refractivity contribution is 6.29. The molecule has 0 unspecified atom stereocenters. The van der Waals surface area contributed by atoms with Crippen LogP contribution in [-0.4, -0.2) is 22.3 Å². The molecule has 0 spiro atoms. The standard InChI is InChI=1S/C6H3ClF3N3O/c7-3-1-2-4(13-12-3)11-5(14)6(8,9)10/h1-2H,(H,11,13,14). The lowest BCUT2D eigenvalue weighted by Crippen LogP contribution is -2.30. The van der Waals surface area contributed by atoms with Gasteiger partial charge in [-0.05, 0) is 12.1 Å². The summed E-state index contributed by atoms with van der Waals surface area (Å²) < 4.78 is 35.2. The number of nitrogens with one attached hydrogen (secondary N) is 1. The fraction of sp³-hybridized carbons (Fsp3) is 0.167. The Hall–Kier alpha value is -1.37. The smallest absolute Gasteiger partial charge is 0.301 e. The average Bonchev–Trinajstić information content (AvgIpc) is 2.07. The van der Waals surface area contributed by atoms with Crippen molar-refractivity contribution in [1.29, 1.82) is 0 Å². The average molecular weight is 226 g/mol. The number of nitrogens with zero attached hydrogens (tertiary/aromatic N) is 2. The lowest BCUT2D eigenvalue weighted by atomic mass is 10.5. The molecule has 1 amide bonds. The van der Waals surface area contributed by atoms with Gasteiger partial charge in [0.05, 0.1) is 0 Å². The second kappa shape index (κ2) is 3.79. The first-order chi connectivity index (χ1) is 6.39. The number of hydrogen-bond donors (Lipinski definition) is 1. The largest absolute Gasteiger partial charge is 0.471 e. The Morgan fingerprint density at radius 3 is 2.43 bits per heavy atom. The molecular formula is C6H3ClF3N3O. The second-order valence-electron chi connectivity index (χ2n) is 2.19. The first-order valence-corrected chi connectivity index (χ1v) is 3.65. The van der Waals surface area contributed by atoms with E-state index in [2.05, 4.69) is 10.2 Å². The molecule has 0 saturated carbocycles. The lowest BCUT2D eigenvalue weighted by Gasteiger charge is -2.05. The molecule has 0 aliphatic heterocycles. The van der Waals surface area contributed by atoms with Crippen LogP contribution in [0.1, 0.15) is 0 Å². The van der Waals surface area contributed by atoms with Gasteiger partial charge in [0.2, 0.25) is 0 Å². The molecule has 1 heterocycles. The van der Waals surface area contributed by atoms with E-state index in [0.29, 0.717) is 0 Å². The van der Waals surface area contributed by atoms with Crippen LogP contribution >= 0.6 is 11.6 Å². The number of anilines is 1. The van der Waals surface area contributed by atoms with Crippen molar-refractivity contribution in [3.8, 4) is 0 Å². The van der Waals surface area contributed by atoms with Gasteiger partial charge < -0.3 is 5.32 Å². The molecule has 1 aromatic heterocycles. The number of aromatic nitrogens is 2. The normalized spacial score (nSPS) is 11.1. The Balaban J connectivity index is 2.71.